The summed E-state index contributed by atoms with van der Waals surface area (Å²) in [6.07, 6.45) is -1.39. The van der Waals surface area contributed by atoms with Gasteiger partial charge in [0.2, 0.25) is 0 Å². The van der Waals surface area contributed by atoms with E-state index in [0.29, 0.717) is 33.8 Å². The molecule has 2 aromatic heterocycles. The Bertz CT molecular complexity index is 1420. The molecule has 2 heterocycles. The van der Waals surface area contributed by atoms with Crippen molar-refractivity contribution in [1.29, 1.82) is 5.26 Å². The Labute approximate surface area is 187 Å². The zero-order valence-electron chi connectivity index (χ0n) is 17.3. The van der Waals surface area contributed by atoms with Gasteiger partial charge in [0.25, 0.3) is 0 Å². The maximum atomic E-state index is 12.8. The minimum Gasteiger partial charge on any atom is -0.454 e. The highest BCUT2D eigenvalue weighted by Crippen LogP contribution is 2.32. The molecule has 0 saturated carbocycles. The van der Waals surface area contributed by atoms with Gasteiger partial charge in [0, 0.05) is 12.1 Å². The van der Waals surface area contributed by atoms with E-state index in [1.807, 2.05) is 31.2 Å². The molecular formula is C26H15F3N2O2. The van der Waals surface area contributed by atoms with Gasteiger partial charge in [0.1, 0.15) is 11.5 Å². The zero-order valence-corrected chi connectivity index (χ0v) is 17.3. The molecule has 0 radical (unpaired) electrons. The number of nitrogens with zero attached hydrogens (tertiary/aromatic N) is 2. The van der Waals surface area contributed by atoms with Crippen LogP contribution < -0.4 is 0 Å². The fourth-order valence-corrected chi connectivity index (χ4v) is 3.22. The number of halogens is 3. The van der Waals surface area contributed by atoms with Crippen LogP contribution in [0.3, 0.4) is 0 Å². The Morgan fingerprint density at radius 1 is 0.909 bits per heavy atom. The third-order valence-corrected chi connectivity index (χ3v) is 4.92. The van der Waals surface area contributed by atoms with Crippen LogP contribution in [0, 0.1) is 24.8 Å². The standard InChI is InChI=1S/C26H15F3N2O2/c1-16-3-5-17(6-4-16)19(15-30)11-21-13-24-25(32-21)14-22(33-24)12-23(31-2)18-7-9-20(10-8-18)26(27,28)29/h3-14H,1H3/b19-11+,23-12-. The van der Waals surface area contributed by atoms with Crippen molar-refractivity contribution >= 4 is 34.6 Å². The van der Waals surface area contributed by atoms with Gasteiger partial charge in [0.15, 0.2) is 16.9 Å². The summed E-state index contributed by atoms with van der Waals surface area (Å²) in [6.45, 7) is 9.34. The quantitative estimate of drug-likeness (QED) is 0.238. The number of alkyl halides is 3. The van der Waals surface area contributed by atoms with E-state index in [-0.39, 0.29) is 5.70 Å². The highest BCUT2D eigenvalue weighted by Gasteiger charge is 2.30. The molecule has 2 aromatic carbocycles. The van der Waals surface area contributed by atoms with E-state index in [1.165, 1.54) is 18.2 Å². The van der Waals surface area contributed by atoms with Crippen LogP contribution in [0.15, 0.2) is 69.5 Å². The number of hydrogen-bond acceptors (Lipinski definition) is 3. The molecule has 0 bridgehead atoms. The second kappa shape index (κ2) is 8.57. The molecule has 33 heavy (non-hydrogen) atoms. The van der Waals surface area contributed by atoms with E-state index >= 15 is 0 Å². The van der Waals surface area contributed by atoms with Crippen molar-refractivity contribution in [2.45, 2.75) is 13.1 Å². The Morgan fingerprint density at radius 2 is 1.45 bits per heavy atom. The van der Waals surface area contributed by atoms with E-state index in [0.717, 1.165) is 23.3 Å². The lowest BCUT2D eigenvalue weighted by Gasteiger charge is -2.07. The number of aryl methyl sites for hydroxylation is 1. The Balaban J connectivity index is 1.61. The van der Waals surface area contributed by atoms with Gasteiger partial charge in [0.05, 0.1) is 23.8 Å². The van der Waals surface area contributed by atoms with Gasteiger partial charge in [-0.05, 0) is 30.2 Å². The third-order valence-electron chi connectivity index (χ3n) is 4.92. The average Bonchev–Trinajstić information content (AvgIpc) is 3.34. The normalized spacial score (nSPS) is 12.5. The molecule has 4 rings (SSSR count). The molecular weight excluding hydrogens is 429 g/mol. The van der Waals surface area contributed by atoms with Crippen LogP contribution in [0.4, 0.5) is 13.2 Å². The smallest absolute Gasteiger partial charge is 0.416 e. The van der Waals surface area contributed by atoms with Crippen LogP contribution in [-0.2, 0) is 6.18 Å². The molecule has 0 N–H and O–H groups in total. The van der Waals surface area contributed by atoms with Gasteiger partial charge >= 0.3 is 6.18 Å². The van der Waals surface area contributed by atoms with E-state index in [2.05, 4.69) is 10.9 Å². The van der Waals surface area contributed by atoms with Crippen molar-refractivity contribution in [2.75, 3.05) is 0 Å². The van der Waals surface area contributed by atoms with Gasteiger partial charge in [-0.3, -0.25) is 0 Å². The molecule has 0 aliphatic heterocycles. The summed E-state index contributed by atoms with van der Waals surface area (Å²) in [5, 5.41) is 9.49. The second-order valence-electron chi connectivity index (χ2n) is 7.28. The summed E-state index contributed by atoms with van der Waals surface area (Å²) in [5.74, 6) is 0.758. The first-order valence-electron chi connectivity index (χ1n) is 9.76. The lowest BCUT2D eigenvalue weighted by atomic mass is 10.0. The van der Waals surface area contributed by atoms with Crippen LogP contribution in [0.25, 0.3) is 39.4 Å². The van der Waals surface area contributed by atoms with Crippen molar-refractivity contribution < 1.29 is 22.0 Å². The van der Waals surface area contributed by atoms with Crippen LogP contribution in [0.2, 0.25) is 0 Å². The van der Waals surface area contributed by atoms with E-state index in [1.54, 1.807) is 18.2 Å². The highest BCUT2D eigenvalue weighted by atomic mass is 19.4. The van der Waals surface area contributed by atoms with Crippen LogP contribution in [-0.4, -0.2) is 0 Å². The lowest BCUT2D eigenvalue weighted by Crippen LogP contribution is -2.04. The lowest BCUT2D eigenvalue weighted by molar-refractivity contribution is -0.137. The minimum absolute atomic E-state index is 0.131. The number of hydrogen-bond donors (Lipinski definition) is 0. The Kier molecular flexibility index (Phi) is 5.64. The maximum Gasteiger partial charge on any atom is 0.416 e. The monoisotopic (exact) mass is 444 g/mol. The summed E-state index contributed by atoms with van der Waals surface area (Å²) >= 11 is 0. The molecule has 0 saturated heterocycles. The van der Waals surface area contributed by atoms with Crippen molar-refractivity contribution in [3.8, 4) is 6.07 Å². The first kappa shape index (κ1) is 21.7. The van der Waals surface area contributed by atoms with E-state index in [9.17, 15) is 18.4 Å². The Hall–Kier alpha value is -4.49. The summed E-state index contributed by atoms with van der Waals surface area (Å²) < 4.78 is 49.7. The summed E-state index contributed by atoms with van der Waals surface area (Å²) in [4.78, 5) is 3.40. The second-order valence-corrected chi connectivity index (χ2v) is 7.28. The largest absolute Gasteiger partial charge is 0.454 e. The Morgan fingerprint density at radius 3 is 1.97 bits per heavy atom. The average molecular weight is 444 g/mol. The molecule has 4 aromatic rings. The van der Waals surface area contributed by atoms with E-state index in [4.69, 9.17) is 15.4 Å². The fraction of sp³-hybridized carbons (Fsp3) is 0.0769. The predicted octanol–water partition coefficient (Wildman–Crippen LogP) is 7.83. The highest BCUT2D eigenvalue weighted by molar-refractivity contribution is 5.91. The van der Waals surface area contributed by atoms with Crippen molar-refractivity contribution in [3.05, 3.63) is 106 Å². The first-order valence-corrected chi connectivity index (χ1v) is 9.76. The topological polar surface area (TPSA) is 54.4 Å². The first-order chi connectivity index (χ1) is 15.8. The number of allylic oxidation sites excluding steroid dienone is 1. The minimum atomic E-state index is -4.44. The number of furan rings is 2. The van der Waals surface area contributed by atoms with Gasteiger partial charge in [-0.2, -0.15) is 18.4 Å². The molecule has 0 amide bonds. The molecule has 162 valence electrons. The summed E-state index contributed by atoms with van der Waals surface area (Å²) in [5.41, 5.74) is 2.81. The van der Waals surface area contributed by atoms with Gasteiger partial charge in [-0.15, -0.1) is 0 Å². The number of nitriles is 1. The molecule has 0 unspecified atom stereocenters. The van der Waals surface area contributed by atoms with Crippen LogP contribution in [0.5, 0.6) is 0 Å². The van der Waals surface area contributed by atoms with Crippen molar-refractivity contribution in [3.63, 3.8) is 0 Å². The van der Waals surface area contributed by atoms with E-state index < -0.39 is 11.7 Å². The number of benzene rings is 2. The number of rotatable bonds is 4. The summed E-state index contributed by atoms with van der Waals surface area (Å²) in [7, 11) is 0. The van der Waals surface area contributed by atoms with Gasteiger partial charge in [-0.25, -0.2) is 4.85 Å². The van der Waals surface area contributed by atoms with Crippen molar-refractivity contribution in [2.24, 2.45) is 0 Å². The third kappa shape index (κ3) is 4.73. The molecule has 7 heteroatoms. The molecule has 0 atom stereocenters. The van der Waals surface area contributed by atoms with Crippen LogP contribution >= 0.6 is 0 Å². The maximum absolute atomic E-state index is 12.8. The molecule has 0 aliphatic carbocycles. The molecule has 0 fully saturated rings. The summed E-state index contributed by atoms with van der Waals surface area (Å²) in [6, 6.07) is 17.3. The molecule has 0 aliphatic rings. The fourth-order valence-electron chi connectivity index (χ4n) is 3.22. The predicted molar refractivity (Wildman–Crippen MR) is 119 cm³/mol. The van der Waals surface area contributed by atoms with Gasteiger partial charge in [-0.1, -0.05) is 54.1 Å². The van der Waals surface area contributed by atoms with Crippen molar-refractivity contribution in [1.82, 2.24) is 0 Å². The zero-order chi connectivity index (χ0) is 23.6. The molecule has 4 nitrogen and oxygen atoms in total. The SMILES string of the molecule is [C-]#[N+]/C(=C\c1cc2oc(/C=C(\C#N)c3ccc(C)cc3)cc2o1)c1ccc(C(F)(F)F)cc1. The molecule has 0 spiro atoms. The van der Waals surface area contributed by atoms with Gasteiger partial charge < -0.3 is 8.83 Å². The number of fused-ring (bicyclic) bond motifs is 1. The van der Waals surface area contributed by atoms with Crippen LogP contribution in [0.1, 0.15) is 33.8 Å².